The number of anilines is 1. The van der Waals surface area contributed by atoms with Crippen LogP contribution in [0.5, 0.6) is 0 Å². The number of amidine groups is 1. The normalized spacial score (nSPS) is 20.1. The van der Waals surface area contributed by atoms with E-state index in [4.69, 9.17) is 21.6 Å². The van der Waals surface area contributed by atoms with Gasteiger partial charge >= 0.3 is 0 Å². The molecule has 28 heavy (non-hydrogen) atoms. The molecule has 2 aliphatic rings. The Morgan fingerprint density at radius 3 is 2.71 bits per heavy atom. The first-order valence-electron chi connectivity index (χ1n) is 9.36. The molecule has 0 atom stereocenters. The summed E-state index contributed by atoms with van der Waals surface area (Å²) in [6, 6.07) is 4.45. The number of nitrogens with two attached hydrogens (primary N) is 2. The Labute approximate surface area is 164 Å². The lowest BCUT2D eigenvalue weighted by Gasteiger charge is -2.34. The van der Waals surface area contributed by atoms with Crippen LogP contribution in [-0.2, 0) is 10.2 Å². The van der Waals surface area contributed by atoms with Crippen molar-refractivity contribution in [2.24, 2.45) is 16.5 Å². The average molecular weight is 382 g/mol. The van der Waals surface area contributed by atoms with E-state index in [1.807, 2.05) is 6.07 Å². The molecule has 9 nitrogen and oxygen atoms in total. The van der Waals surface area contributed by atoms with Crippen LogP contribution >= 0.6 is 0 Å². The molecule has 0 aliphatic carbocycles. The molecule has 0 spiro atoms. The lowest BCUT2D eigenvalue weighted by Crippen LogP contribution is -2.40. The first kappa shape index (κ1) is 19.8. The summed E-state index contributed by atoms with van der Waals surface area (Å²) in [6.07, 6.45) is 5.32. The van der Waals surface area contributed by atoms with E-state index in [9.17, 15) is 5.26 Å². The molecular formula is C19H26N8O. The summed E-state index contributed by atoms with van der Waals surface area (Å²) in [4.78, 5) is 11.2. The molecule has 0 bridgehead atoms. The number of pyridine rings is 1. The van der Waals surface area contributed by atoms with Crippen molar-refractivity contribution in [1.29, 1.82) is 10.7 Å². The van der Waals surface area contributed by atoms with Gasteiger partial charge in [0, 0.05) is 24.9 Å². The lowest BCUT2D eigenvalue weighted by atomic mass is 9.73. The topological polar surface area (TPSA) is 149 Å². The molecule has 0 radical (unpaired) electrons. The zero-order valence-corrected chi connectivity index (χ0v) is 15.8. The minimum Gasteiger partial charge on any atom is -0.404 e. The molecule has 1 aromatic heterocycles. The zero-order chi connectivity index (χ0) is 20.0. The highest BCUT2D eigenvalue weighted by molar-refractivity contribution is 5.96. The van der Waals surface area contributed by atoms with E-state index >= 15 is 0 Å². The van der Waals surface area contributed by atoms with E-state index < -0.39 is 5.41 Å². The minimum absolute atomic E-state index is 0.194. The molecule has 2 saturated heterocycles. The number of hydrogen-bond donors (Lipinski definition) is 4. The third-order valence-corrected chi connectivity index (χ3v) is 5.19. The van der Waals surface area contributed by atoms with Crippen LogP contribution in [0.2, 0.25) is 0 Å². The second kappa shape index (κ2) is 8.82. The molecule has 3 heterocycles. The van der Waals surface area contributed by atoms with Crippen molar-refractivity contribution in [3.05, 3.63) is 29.5 Å². The largest absolute Gasteiger partial charge is 0.404 e. The molecule has 9 heteroatoms. The monoisotopic (exact) mass is 382 g/mol. The molecular weight excluding hydrogens is 356 g/mol. The van der Waals surface area contributed by atoms with E-state index in [1.165, 1.54) is 18.5 Å². The van der Waals surface area contributed by atoms with Crippen molar-refractivity contribution in [3.63, 3.8) is 0 Å². The van der Waals surface area contributed by atoms with Gasteiger partial charge in [-0.25, -0.2) is 9.98 Å². The fourth-order valence-electron chi connectivity index (χ4n) is 3.66. The number of morpholine rings is 1. The predicted octanol–water partition coefficient (Wildman–Crippen LogP) is 0.522. The maximum atomic E-state index is 10.1. The van der Waals surface area contributed by atoms with Crippen molar-refractivity contribution in [3.8, 4) is 6.07 Å². The Bertz CT molecular complexity index is 814. The highest BCUT2D eigenvalue weighted by atomic mass is 16.5. The minimum atomic E-state index is -0.690. The third kappa shape index (κ3) is 3.98. The van der Waals surface area contributed by atoms with Crippen molar-refractivity contribution < 1.29 is 4.74 Å². The average Bonchev–Trinajstić information content (AvgIpc) is 2.74. The van der Waals surface area contributed by atoms with Crippen molar-refractivity contribution in [2.75, 3.05) is 44.3 Å². The van der Waals surface area contributed by atoms with Crippen LogP contribution in [-0.4, -0.2) is 56.4 Å². The van der Waals surface area contributed by atoms with E-state index in [1.54, 1.807) is 0 Å². The van der Waals surface area contributed by atoms with Crippen molar-refractivity contribution in [2.45, 2.75) is 18.3 Å². The van der Waals surface area contributed by atoms with Gasteiger partial charge in [0.2, 0.25) is 0 Å². The summed E-state index contributed by atoms with van der Waals surface area (Å²) in [6.45, 7) is 4.14. The molecule has 2 fully saturated rings. The number of nitriles is 1. The Morgan fingerprint density at radius 2 is 2.11 bits per heavy atom. The van der Waals surface area contributed by atoms with Gasteiger partial charge in [0.05, 0.1) is 24.7 Å². The van der Waals surface area contributed by atoms with Gasteiger partial charge < -0.3 is 31.8 Å². The number of nitrogens with zero attached hydrogens (tertiary/aromatic N) is 4. The van der Waals surface area contributed by atoms with E-state index in [0.29, 0.717) is 50.5 Å². The lowest BCUT2D eigenvalue weighted by molar-refractivity contribution is 0.122. The van der Waals surface area contributed by atoms with Gasteiger partial charge in [0.25, 0.3) is 0 Å². The Kier molecular flexibility index (Phi) is 6.23. The number of rotatable bonds is 5. The van der Waals surface area contributed by atoms with Gasteiger partial charge in [-0.15, -0.1) is 0 Å². The standard InChI is InChI=1S/C19H26N8O/c20-4-1-16(23)25-18-14(12-21)15(19(13-22)2-5-24-6-3-19)11-17(26-18)27-7-9-28-10-8-27/h1,4,11-12,21,24H,2-3,5-10,20H2,(H2,23,25,26)/b4-1-,21-12?. The fourth-order valence-corrected chi connectivity index (χ4v) is 3.66. The summed E-state index contributed by atoms with van der Waals surface area (Å²) < 4.78 is 5.44. The van der Waals surface area contributed by atoms with Gasteiger partial charge in [0.1, 0.15) is 11.7 Å². The smallest absolute Gasteiger partial charge is 0.165 e. The van der Waals surface area contributed by atoms with Gasteiger partial charge in [-0.1, -0.05) is 0 Å². The van der Waals surface area contributed by atoms with Crippen molar-refractivity contribution >= 4 is 23.7 Å². The maximum absolute atomic E-state index is 10.1. The quantitative estimate of drug-likeness (QED) is 0.428. The van der Waals surface area contributed by atoms with Crippen LogP contribution in [0, 0.1) is 16.7 Å². The van der Waals surface area contributed by atoms with Crippen LogP contribution in [0.25, 0.3) is 0 Å². The number of hydrogen-bond acceptors (Lipinski definition) is 8. The molecule has 0 aromatic carbocycles. The summed E-state index contributed by atoms with van der Waals surface area (Å²) in [5.41, 5.74) is 11.9. The first-order valence-corrected chi connectivity index (χ1v) is 9.36. The molecule has 1 aromatic rings. The first-order chi connectivity index (χ1) is 13.6. The Balaban J connectivity index is 2.19. The second-order valence-corrected chi connectivity index (χ2v) is 6.85. The molecule has 0 unspecified atom stereocenters. The summed E-state index contributed by atoms with van der Waals surface area (Å²) in [5, 5.41) is 21.4. The van der Waals surface area contributed by atoms with E-state index in [0.717, 1.165) is 24.5 Å². The number of piperidine rings is 1. The molecule has 0 saturated carbocycles. The molecule has 3 rings (SSSR count). The summed E-state index contributed by atoms with van der Waals surface area (Å²) in [5.74, 6) is 1.25. The van der Waals surface area contributed by atoms with Crippen LogP contribution in [0.15, 0.2) is 23.3 Å². The highest BCUT2D eigenvalue weighted by Crippen LogP contribution is 2.39. The van der Waals surface area contributed by atoms with Crippen LogP contribution in [0.4, 0.5) is 11.6 Å². The highest BCUT2D eigenvalue weighted by Gasteiger charge is 2.37. The SMILES string of the molecule is N#CC1(c2cc(N3CCOCC3)nc(/N=C(N)\C=C/N)c2C=N)CCNCC1. The zero-order valence-electron chi connectivity index (χ0n) is 15.8. The number of nitrogens with one attached hydrogen (secondary N) is 2. The fraction of sp³-hybridized carbons (Fsp3) is 0.474. The summed E-state index contributed by atoms with van der Waals surface area (Å²) in [7, 11) is 0. The van der Waals surface area contributed by atoms with Gasteiger partial charge in [-0.2, -0.15) is 5.26 Å². The summed E-state index contributed by atoms with van der Waals surface area (Å²) >= 11 is 0. The predicted molar refractivity (Wildman–Crippen MR) is 109 cm³/mol. The van der Waals surface area contributed by atoms with E-state index in [-0.39, 0.29) is 5.84 Å². The molecule has 148 valence electrons. The maximum Gasteiger partial charge on any atom is 0.165 e. The molecule has 0 amide bonds. The van der Waals surface area contributed by atoms with Gasteiger partial charge in [-0.3, -0.25) is 0 Å². The molecule has 6 N–H and O–H groups in total. The van der Waals surface area contributed by atoms with Gasteiger partial charge in [-0.05, 0) is 49.8 Å². The molecule has 2 aliphatic heterocycles. The van der Waals surface area contributed by atoms with Crippen LogP contribution < -0.4 is 21.7 Å². The van der Waals surface area contributed by atoms with E-state index in [2.05, 4.69) is 26.3 Å². The Hall–Kier alpha value is -2.96. The third-order valence-electron chi connectivity index (χ3n) is 5.19. The number of aliphatic imine (C=N–C) groups is 1. The Morgan fingerprint density at radius 1 is 1.39 bits per heavy atom. The number of aromatic nitrogens is 1. The van der Waals surface area contributed by atoms with Crippen molar-refractivity contribution in [1.82, 2.24) is 10.3 Å². The van der Waals surface area contributed by atoms with Crippen LogP contribution in [0.1, 0.15) is 24.0 Å². The number of ether oxygens (including phenoxy) is 1. The second-order valence-electron chi connectivity index (χ2n) is 6.85. The van der Waals surface area contributed by atoms with Gasteiger partial charge in [0.15, 0.2) is 5.82 Å². The van der Waals surface area contributed by atoms with Crippen LogP contribution in [0.3, 0.4) is 0 Å².